The quantitative estimate of drug-likeness (QED) is 0.757. The number of amides is 1. The molecule has 152 valence electrons. The summed E-state index contributed by atoms with van der Waals surface area (Å²) >= 11 is 0. The standard InChI is InChI=1S/C22H31N3O3/c1-17(15-23-22(26)21-8-5-13-27-21)28-20-7-4-6-18(14-20)16-25(3)19-9-11-24(2)12-10-19/h4-8,13-14,17,19H,9-12,15-16H2,1-3H3,(H,23,26). The van der Waals surface area contributed by atoms with Crippen LogP contribution >= 0.6 is 0 Å². The zero-order chi connectivity index (χ0) is 19.9. The number of likely N-dealkylation sites (tertiary alicyclic amines) is 1. The third kappa shape index (κ3) is 5.84. The summed E-state index contributed by atoms with van der Waals surface area (Å²) in [5.41, 5.74) is 1.24. The van der Waals surface area contributed by atoms with Crippen molar-refractivity contribution in [2.75, 3.05) is 33.7 Å². The molecule has 28 heavy (non-hydrogen) atoms. The van der Waals surface area contributed by atoms with Crippen LogP contribution in [-0.4, -0.2) is 61.6 Å². The molecule has 1 atom stereocenters. The van der Waals surface area contributed by atoms with Gasteiger partial charge in [-0.3, -0.25) is 9.69 Å². The van der Waals surface area contributed by atoms with Crippen molar-refractivity contribution >= 4 is 5.91 Å². The largest absolute Gasteiger partial charge is 0.489 e. The molecule has 6 heteroatoms. The van der Waals surface area contributed by atoms with Crippen LogP contribution in [0.5, 0.6) is 5.75 Å². The predicted molar refractivity (Wildman–Crippen MR) is 110 cm³/mol. The molecule has 1 aromatic carbocycles. The number of furan rings is 1. The second kappa shape index (κ2) is 9.75. The molecule has 2 heterocycles. The van der Waals surface area contributed by atoms with Crippen molar-refractivity contribution in [2.45, 2.75) is 38.5 Å². The minimum Gasteiger partial charge on any atom is -0.489 e. The summed E-state index contributed by atoms with van der Waals surface area (Å²) < 4.78 is 11.1. The molecule has 1 aromatic heterocycles. The minimum absolute atomic E-state index is 0.138. The lowest BCUT2D eigenvalue weighted by molar-refractivity contribution is 0.0904. The molecule has 1 N–H and O–H groups in total. The normalized spacial score (nSPS) is 16.9. The van der Waals surface area contributed by atoms with Gasteiger partial charge in [-0.2, -0.15) is 0 Å². The van der Waals surface area contributed by atoms with Crippen molar-refractivity contribution < 1.29 is 13.9 Å². The van der Waals surface area contributed by atoms with Crippen LogP contribution in [-0.2, 0) is 6.54 Å². The smallest absolute Gasteiger partial charge is 0.287 e. The molecule has 1 amide bonds. The first kappa shape index (κ1) is 20.4. The van der Waals surface area contributed by atoms with Crippen LogP contribution in [0.2, 0.25) is 0 Å². The first-order valence-corrected chi connectivity index (χ1v) is 9.97. The van der Waals surface area contributed by atoms with E-state index in [0.717, 1.165) is 12.3 Å². The van der Waals surface area contributed by atoms with Crippen LogP contribution in [0.3, 0.4) is 0 Å². The van der Waals surface area contributed by atoms with E-state index in [4.69, 9.17) is 9.15 Å². The van der Waals surface area contributed by atoms with Crippen LogP contribution in [0.4, 0.5) is 0 Å². The molecule has 1 saturated heterocycles. The number of benzene rings is 1. The molecule has 0 bridgehead atoms. The van der Waals surface area contributed by atoms with E-state index in [9.17, 15) is 4.79 Å². The Bertz CT molecular complexity index is 739. The maximum atomic E-state index is 11.9. The summed E-state index contributed by atoms with van der Waals surface area (Å²) in [6, 6.07) is 12.2. The number of rotatable bonds is 8. The maximum absolute atomic E-state index is 11.9. The number of carbonyl (C=O) groups is 1. The zero-order valence-corrected chi connectivity index (χ0v) is 17.1. The SMILES string of the molecule is CC(CNC(=O)c1ccco1)Oc1cccc(CN(C)C2CCN(C)CC2)c1. The van der Waals surface area contributed by atoms with Gasteiger partial charge < -0.3 is 19.4 Å². The highest BCUT2D eigenvalue weighted by atomic mass is 16.5. The summed E-state index contributed by atoms with van der Waals surface area (Å²) in [7, 11) is 4.39. The highest BCUT2D eigenvalue weighted by Crippen LogP contribution is 2.20. The molecule has 1 unspecified atom stereocenters. The Morgan fingerprint density at radius 1 is 1.32 bits per heavy atom. The number of carbonyl (C=O) groups excluding carboxylic acids is 1. The van der Waals surface area contributed by atoms with Crippen molar-refractivity contribution in [3.63, 3.8) is 0 Å². The number of nitrogens with zero attached hydrogens (tertiary/aromatic N) is 2. The van der Waals surface area contributed by atoms with Gasteiger partial charge in [0.2, 0.25) is 0 Å². The van der Waals surface area contributed by atoms with E-state index in [0.29, 0.717) is 18.3 Å². The fraction of sp³-hybridized carbons (Fsp3) is 0.500. The van der Waals surface area contributed by atoms with Gasteiger partial charge in [-0.1, -0.05) is 12.1 Å². The molecule has 0 spiro atoms. The van der Waals surface area contributed by atoms with Crippen molar-refractivity contribution in [1.29, 1.82) is 0 Å². The summed E-state index contributed by atoms with van der Waals surface area (Å²) in [4.78, 5) is 16.8. The van der Waals surface area contributed by atoms with Crippen LogP contribution < -0.4 is 10.1 Å². The lowest BCUT2D eigenvalue weighted by Gasteiger charge is -2.35. The molecule has 6 nitrogen and oxygen atoms in total. The molecular formula is C22H31N3O3. The number of hydrogen-bond donors (Lipinski definition) is 1. The van der Waals surface area contributed by atoms with E-state index in [-0.39, 0.29) is 12.0 Å². The van der Waals surface area contributed by atoms with Crippen molar-refractivity contribution in [1.82, 2.24) is 15.1 Å². The Hall–Kier alpha value is -2.31. The zero-order valence-electron chi connectivity index (χ0n) is 17.1. The molecule has 1 aliphatic rings. The van der Waals surface area contributed by atoms with E-state index < -0.39 is 0 Å². The average molecular weight is 386 g/mol. The molecule has 2 aromatic rings. The Kier molecular flexibility index (Phi) is 7.12. The molecule has 0 saturated carbocycles. The minimum atomic E-state index is -0.228. The molecule has 0 aliphatic carbocycles. The molecule has 1 aliphatic heterocycles. The van der Waals surface area contributed by atoms with Gasteiger partial charge in [0.05, 0.1) is 12.8 Å². The maximum Gasteiger partial charge on any atom is 0.287 e. The fourth-order valence-corrected chi connectivity index (χ4v) is 3.58. The van der Waals surface area contributed by atoms with E-state index in [1.165, 1.54) is 37.8 Å². The number of piperidine rings is 1. The second-order valence-corrected chi connectivity index (χ2v) is 7.71. The summed E-state index contributed by atoms with van der Waals surface area (Å²) in [5.74, 6) is 0.911. The van der Waals surface area contributed by atoms with Gasteiger partial charge in [-0.05, 0) is 76.8 Å². The fourth-order valence-electron chi connectivity index (χ4n) is 3.58. The van der Waals surface area contributed by atoms with Gasteiger partial charge in [0.1, 0.15) is 11.9 Å². The lowest BCUT2D eigenvalue weighted by Crippen LogP contribution is -2.41. The Balaban J connectivity index is 1.47. The van der Waals surface area contributed by atoms with Crippen molar-refractivity contribution in [3.8, 4) is 5.75 Å². The van der Waals surface area contributed by atoms with Crippen molar-refractivity contribution in [2.24, 2.45) is 0 Å². The van der Waals surface area contributed by atoms with Crippen LogP contribution in [0.15, 0.2) is 47.1 Å². The topological polar surface area (TPSA) is 58.0 Å². The number of hydrogen-bond acceptors (Lipinski definition) is 5. The number of nitrogens with one attached hydrogen (secondary N) is 1. The third-order valence-electron chi connectivity index (χ3n) is 5.27. The molecule has 0 radical (unpaired) electrons. The van der Waals surface area contributed by atoms with Gasteiger partial charge in [0, 0.05) is 12.6 Å². The van der Waals surface area contributed by atoms with Crippen molar-refractivity contribution in [3.05, 3.63) is 54.0 Å². The van der Waals surface area contributed by atoms with E-state index in [2.05, 4.69) is 41.3 Å². The Morgan fingerprint density at radius 2 is 2.11 bits per heavy atom. The first-order chi connectivity index (χ1) is 13.5. The van der Waals surface area contributed by atoms with Gasteiger partial charge in [-0.25, -0.2) is 0 Å². The Labute approximate surface area is 167 Å². The van der Waals surface area contributed by atoms with Gasteiger partial charge in [0.25, 0.3) is 5.91 Å². The van der Waals surface area contributed by atoms with E-state index >= 15 is 0 Å². The lowest BCUT2D eigenvalue weighted by atomic mass is 10.0. The van der Waals surface area contributed by atoms with E-state index in [1.54, 1.807) is 12.1 Å². The third-order valence-corrected chi connectivity index (χ3v) is 5.27. The summed E-state index contributed by atoms with van der Waals surface area (Å²) in [6.45, 7) is 5.60. The Morgan fingerprint density at radius 3 is 2.82 bits per heavy atom. The number of ether oxygens (including phenoxy) is 1. The highest BCUT2D eigenvalue weighted by Gasteiger charge is 2.20. The predicted octanol–water partition coefficient (Wildman–Crippen LogP) is 3.00. The highest BCUT2D eigenvalue weighted by molar-refractivity contribution is 5.91. The summed E-state index contributed by atoms with van der Waals surface area (Å²) in [5, 5.41) is 2.83. The van der Waals surface area contributed by atoms with Crippen LogP contribution in [0.25, 0.3) is 0 Å². The van der Waals surface area contributed by atoms with Gasteiger partial charge in [0.15, 0.2) is 5.76 Å². The van der Waals surface area contributed by atoms with Crippen LogP contribution in [0.1, 0.15) is 35.9 Å². The molecule has 3 rings (SSSR count). The first-order valence-electron chi connectivity index (χ1n) is 9.97. The molecule has 1 fully saturated rings. The van der Waals surface area contributed by atoms with E-state index in [1.807, 2.05) is 19.1 Å². The van der Waals surface area contributed by atoms with Gasteiger partial charge >= 0.3 is 0 Å². The summed E-state index contributed by atoms with van der Waals surface area (Å²) in [6.07, 6.45) is 3.79. The van der Waals surface area contributed by atoms with Gasteiger partial charge in [-0.15, -0.1) is 0 Å². The molecular weight excluding hydrogens is 354 g/mol. The average Bonchev–Trinajstić information content (AvgIpc) is 3.22. The van der Waals surface area contributed by atoms with Crippen LogP contribution in [0, 0.1) is 0 Å². The second-order valence-electron chi connectivity index (χ2n) is 7.71. The monoisotopic (exact) mass is 385 g/mol.